The molecule has 126 valence electrons. The van der Waals surface area contributed by atoms with Gasteiger partial charge in [0.15, 0.2) is 0 Å². The molecule has 5 heteroatoms. The van der Waals surface area contributed by atoms with E-state index in [4.69, 9.17) is 4.74 Å². The van der Waals surface area contributed by atoms with Gasteiger partial charge in [-0.25, -0.2) is 0 Å². The molecule has 1 aliphatic rings. The smallest absolute Gasteiger partial charge is 0.309 e. The average molecular weight is 422 g/mol. The highest BCUT2D eigenvalue weighted by Crippen LogP contribution is 2.28. The number of ether oxygens (including phenoxy) is 1. The molecular weight excluding hydrogens is 395 g/mol. The maximum absolute atomic E-state index is 12.0. The van der Waals surface area contributed by atoms with Crippen LogP contribution < -0.4 is 0 Å². The Morgan fingerprint density at radius 2 is 2.09 bits per heavy atom. The van der Waals surface area contributed by atoms with Gasteiger partial charge in [0.2, 0.25) is 0 Å². The van der Waals surface area contributed by atoms with E-state index >= 15 is 0 Å². The average Bonchev–Trinajstić information content (AvgIpc) is 2.46. The Hall–Kier alpha value is -0.400. The predicted octanol–water partition coefficient (Wildman–Crippen LogP) is 3.36. The normalized spacial score (nSPS) is 40.3. The van der Waals surface area contributed by atoms with Crippen molar-refractivity contribution in [1.29, 1.82) is 0 Å². The van der Waals surface area contributed by atoms with Gasteiger partial charge in [0, 0.05) is 11.8 Å². The van der Waals surface area contributed by atoms with Crippen molar-refractivity contribution in [3.05, 3.63) is 21.8 Å². The molecule has 1 heterocycles. The van der Waals surface area contributed by atoms with Gasteiger partial charge in [-0.3, -0.25) is 4.79 Å². The molecule has 1 rings (SSSR count). The summed E-state index contributed by atoms with van der Waals surface area (Å²) in [5, 5.41) is 20.5. The van der Waals surface area contributed by atoms with Crippen molar-refractivity contribution in [2.75, 3.05) is 0 Å². The molecule has 0 saturated heterocycles. The van der Waals surface area contributed by atoms with Crippen LogP contribution in [0.4, 0.5) is 0 Å². The van der Waals surface area contributed by atoms with Crippen LogP contribution in [-0.4, -0.2) is 34.0 Å². The fourth-order valence-corrected chi connectivity index (χ4v) is 2.85. The molecule has 0 fully saturated rings. The topological polar surface area (TPSA) is 66.8 Å². The van der Waals surface area contributed by atoms with E-state index in [0.717, 1.165) is 5.57 Å². The Morgan fingerprint density at radius 3 is 2.68 bits per heavy atom. The third-order valence-electron chi connectivity index (χ3n) is 4.43. The molecule has 0 amide bonds. The monoisotopic (exact) mass is 422 g/mol. The summed E-state index contributed by atoms with van der Waals surface area (Å²) in [5.41, 5.74) is 0.0706. The molecule has 4 nitrogen and oxygen atoms in total. The summed E-state index contributed by atoms with van der Waals surface area (Å²) in [6.45, 7) is 7.65. The highest BCUT2D eigenvalue weighted by atomic mass is 127. The summed E-state index contributed by atoms with van der Waals surface area (Å²) < 4.78 is 7.46. The molecule has 0 bridgehead atoms. The van der Waals surface area contributed by atoms with Crippen LogP contribution in [0.15, 0.2) is 21.8 Å². The number of esters is 1. The highest BCUT2D eigenvalue weighted by molar-refractivity contribution is 14.1. The molecule has 0 radical (unpaired) electrons. The highest BCUT2D eigenvalue weighted by Gasteiger charge is 2.30. The van der Waals surface area contributed by atoms with Gasteiger partial charge in [0.1, 0.15) is 6.10 Å². The molecule has 0 unspecified atom stereocenters. The summed E-state index contributed by atoms with van der Waals surface area (Å²) >= 11 is 2.13. The fourth-order valence-electron chi connectivity index (χ4n) is 2.50. The van der Waals surface area contributed by atoms with Crippen molar-refractivity contribution in [1.82, 2.24) is 0 Å². The summed E-state index contributed by atoms with van der Waals surface area (Å²) in [6, 6.07) is 0. The van der Waals surface area contributed by atoms with Crippen molar-refractivity contribution in [3.8, 4) is 0 Å². The SMILES string of the molecule is C/C(=C\I)[C@H]1OC(=O)C[C@H](O)CC[C@@](C)(O)[C@@H](C)/C=C/[C@@H]1C. The number of cyclic esters (lactones) is 1. The van der Waals surface area contributed by atoms with Crippen LogP contribution in [-0.2, 0) is 9.53 Å². The predicted molar refractivity (Wildman–Crippen MR) is 95.6 cm³/mol. The lowest BCUT2D eigenvalue weighted by Crippen LogP contribution is -2.34. The van der Waals surface area contributed by atoms with Gasteiger partial charge < -0.3 is 14.9 Å². The van der Waals surface area contributed by atoms with Crippen molar-refractivity contribution in [2.45, 2.75) is 64.8 Å². The third-order valence-corrected chi connectivity index (χ3v) is 5.41. The van der Waals surface area contributed by atoms with E-state index in [9.17, 15) is 15.0 Å². The first-order valence-corrected chi connectivity index (χ1v) is 8.97. The minimum atomic E-state index is -0.899. The van der Waals surface area contributed by atoms with Gasteiger partial charge >= 0.3 is 5.97 Å². The van der Waals surface area contributed by atoms with Crippen molar-refractivity contribution >= 4 is 28.6 Å². The second kappa shape index (κ2) is 8.45. The zero-order chi connectivity index (χ0) is 16.9. The maximum Gasteiger partial charge on any atom is 0.309 e. The summed E-state index contributed by atoms with van der Waals surface area (Å²) in [5.74, 6) is -0.435. The van der Waals surface area contributed by atoms with Crippen LogP contribution in [0, 0.1) is 11.8 Å². The third kappa shape index (κ3) is 5.66. The number of aliphatic hydroxyl groups is 2. The Labute approximate surface area is 146 Å². The van der Waals surface area contributed by atoms with Gasteiger partial charge in [-0.2, -0.15) is 0 Å². The van der Waals surface area contributed by atoms with E-state index < -0.39 is 17.7 Å². The van der Waals surface area contributed by atoms with E-state index in [0.29, 0.717) is 12.8 Å². The molecule has 2 N–H and O–H groups in total. The van der Waals surface area contributed by atoms with Crippen LogP contribution in [0.2, 0.25) is 0 Å². The molecule has 0 spiro atoms. The summed E-state index contributed by atoms with van der Waals surface area (Å²) in [4.78, 5) is 12.0. The van der Waals surface area contributed by atoms with Gasteiger partial charge in [-0.05, 0) is 36.3 Å². The molecular formula is C17H27IO4. The lowest BCUT2D eigenvalue weighted by Gasteiger charge is -2.31. The Morgan fingerprint density at radius 1 is 1.45 bits per heavy atom. The van der Waals surface area contributed by atoms with Crippen LogP contribution in [0.25, 0.3) is 0 Å². The molecule has 1 aliphatic heterocycles. The lowest BCUT2D eigenvalue weighted by atomic mass is 9.84. The first-order valence-electron chi connectivity index (χ1n) is 7.72. The van der Waals surface area contributed by atoms with Crippen LogP contribution in [0.1, 0.15) is 47.0 Å². The number of hydrogen-bond acceptors (Lipinski definition) is 4. The second-order valence-electron chi connectivity index (χ2n) is 6.55. The van der Waals surface area contributed by atoms with Crippen LogP contribution >= 0.6 is 22.6 Å². The quantitative estimate of drug-likeness (QED) is 0.387. The van der Waals surface area contributed by atoms with Crippen LogP contribution in [0.5, 0.6) is 0 Å². The first-order chi connectivity index (χ1) is 10.2. The number of carbonyl (C=O) groups excluding carboxylic acids is 1. The standard InChI is InChI=1S/C17H27IO4/c1-11-5-6-13(3)17(4,21)8-7-14(19)9-15(20)22-16(11)12(2)10-18/h5-6,10-11,13-14,16,19,21H,7-9H2,1-4H3/b6-5+,12-10+/t11-,13-,14+,16-,17+/m0/s1. The number of carbonyl (C=O) groups is 1. The largest absolute Gasteiger partial charge is 0.457 e. The van der Waals surface area contributed by atoms with Crippen molar-refractivity contribution < 1.29 is 19.7 Å². The van der Waals surface area contributed by atoms with Crippen molar-refractivity contribution in [2.24, 2.45) is 11.8 Å². The molecule has 0 aromatic heterocycles. The summed E-state index contributed by atoms with van der Waals surface area (Å²) in [6.07, 6.45) is 3.63. The van der Waals surface area contributed by atoms with E-state index in [1.54, 1.807) is 6.92 Å². The van der Waals surface area contributed by atoms with Gasteiger partial charge in [0.05, 0.1) is 18.1 Å². The van der Waals surface area contributed by atoms with E-state index in [1.807, 2.05) is 37.0 Å². The number of hydrogen-bond donors (Lipinski definition) is 2. The zero-order valence-corrected chi connectivity index (χ0v) is 15.9. The number of rotatable bonds is 1. The van der Waals surface area contributed by atoms with E-state index in [1.165, 1.54) is 0 Å². The molecule has 5 atom stereocenters. The van der Waals surface area contributed by atoms with Crippen LogP contribution in [0.3, 0.4) is 0 Å². The molecule has 0 aliphatic carbocycles. The first kappa shape index (κ1) is 19.6. The Kier molecular flexibility index (Phi) is 7.55. The molecule has 0 saturated carbocycles. The lowest BCUT2D eigenvalue weighted by molar-refractivity contribution is -0.151. The van der Waals surface area contributed by atoms with E-state index in [2.05, 4.69) is 22.6 Å². The molecule has 0 aromatic rings. The number of halogens is 1. The van der Waals surface area contributed by atoms with Gasteiger partial charge in [-0.1, -0.05) is 48.6 Å². The van der Waals surface area contributed by atoms with Gasteiger partial charge in [-0.15, -0.1) is 0 Å². The zero-order valence-electron chi connectivity index (χ0n) is 13.8. The van der Waals surface area contributed by atoms with E-state index in [-0.39, 0.29) is 24.4 Å². The van der Waals surface area contributed by atoms with Gasteiger partial charge in [0.25, 0.3) is 0 Å². The maximum atomic E-state index is 12.0. The fraction of sp³-hybridized carbons (Fsp3) is 0.706. The minimum absolute atomic E-state index is 0.00443. The molecule has 0 aromatic carbocycles. The minimum Gasteiger partial charge on any atom is -0.457 e. The second-order valence-corrected chi connectivity index (χ2v) is 7.17. The summed E-state index contributed by atoms with van der Waals surface area (Å²) in [7, 11) is 0. The van der Waals surface area contributed by atoms with Crippen molar-refractivity contribution in [3.63, 3.8) is 0 Å². The Balaban J connectivity index is 3.07. The molecule has 22 heavy (non-hydrogen) atoms. The number of aliphatic hydroxyl groups excluding tert-OH is 1. The Bertz CT molecular complexity index is 442.